The minimum atomic E-state index is -0.159. The molecule has 4 rings (SSSR count). The number of hydrogen-bond acceptors (Lipinski definition) is 5. The zero-order chi connectivity index (χ0) is 22.2. The van der Waals surface area contributed by atoms with Gasteiger partial charge in [0.15, 0.2) is 0 Å². The van der Waals surface area contributed by atoms with Gasteiger partial charge >= 0.3 is 0 Å². The van der Waals surface area contributed by atoms with E-state index >= 15 is 0 Å². The number of rotatable bonds is 8. The Hall–Kier alpha value is -3.25. The highest BCUT2D eigenvalue weighted by Crippen LogP contribution is 2.15. The van der Waals surface area contributed by atoms with Crippen molar-refractivity contribution in [2.75, 3.05) is 37.6 Å². The number of hydrogen-bond donors (Lipinski definition) is 0. The van der Waals surface area contributed by atoms with Gasteiger partial charge in [-0.3, -0.25) is 9.69 Å². The van der Waals surface area contributed by atoms with Crippen molar-refractivity contribution < 1.29 is 4.79 Å². The van der Waals surface area contributed by atoms with Crippen LogP contribution in [-0.4, -0.2) is 64.4 Å². The molecule has 0 bridgehead atoms. The van der Waals surface area contributed by atoms with E-state index in [2.05, 4.69) is 56.2 Å². The first-order valence-corrected chi connectivity index (χ1v) is 11.3. The van der Waals surface area contributed by atoms with E-state index < -0.39 is 0 Å². The highest BCUT2D eigenvalue weighted by Gasteiger charge is 2.29. The first-order valence-electron chi connectivity index (χ1n) is 11.3. The molecule has 3 aromatic rings. The SMILES string of the molecule is C[C@H](C(=O)N(CCc1ccccc1)Cc1ccccc1)N1CCN(c2ncccn2)CC1. The fraction of sp³-hybridized carbons (Fsp3) is 0.346. The molecule has 1 atom stereocenters. The van der Waals surface area contributed by atoms with Crippen molar-refractivity contribution in [1.29, 1.82) is 0 Å². The number of carbonyl (C=O) groups excluding carboxylic acids is 1. The third-order valence-corrected chi connectivity index (χ3v) is 6.10. The fourth-order valence-electron chi connectivity index (χ4n) is 4.16. The molecule has 0 aliphatic carbocycles. The lowest BCUT2D eigenvalue weighted by atomic mass is 10.1. The van der Waals surface area contributed by atoms with Crippen LogP contribution in [0.4, 0.5) is 5.95 Å². The fourth-order valence-corrected chi connectivity index (χ4v) is 4.16. The van der Waals surface area contributed by atoms with Crippen molar-refractivity contribution in [3.63, 3.8) is 0 Å². The van der Waals surface area contributed by atoms with Crippen molar-refractivity contribution in [3.05, 3.63) is 90.3 Å². The van der Waals surface area contributed by atoms with Crippen LogP contribution in [0.5, 0.6) is 0 Å². The standard InChI is InChI=1S/C26H31N5O/c1-22(29-17-19-30(20-18-29)26-27-14-8-15-28-26)25(32)31(21-24-11-6-3-7-12-24)16-13-23-9-4-2-5-10-23/h2-12,14-15,22H,13,16-21H2,1H3/t22-/m1/s1. The van der Waals surface area contributed by atoms with Crippen LogP contribution in [0.1, 0.15) is 18.1 Å². The number of carbonyl (C=O) groups is 1. The normalized spacial score (nSPS) is 15.3. The smallest absolute Gasteiger partial charge is 0.239 e. The van der Waals surface area contributed by atoms with Gasteiger partial charge < -0.3 is 9.80 Å². The molecule has 1 aliphatic heterocycles. The van der Waals surface area contributed by atoms with E-state index in [1.54, 1.807) is 12.4 Å². The minimum absolute atomic E-state index is 0.159. The number of piperazine rings is 1. The molecule has 1 saturated heterocycles. The van der Waals surface area contributed by atoms with E-state index in [1.807, 2.05) is 42.2 Å². The van der Waals surface area contributed by atoms with Crippen LogP contribution in [0.3, 0.4) is 0 Å². The Labute approximate surface area is 190 Å². The highest BCUT2D eigenvalue weighted by atomic mass is 16.2. The molecule has 0 spiro atoms. The predicted molar refractivity (Wildman–Crippen MR) is 127 cm³/mol. The van der Waals surface area contributed by atoms with Gasteiger partial charge in [-0.25, -0.2) is 9.97 Å². The van der Waals surface area contributed by atoms with Gasteiger partial charge in [0, 0.05) is 51.7 Å². The van der Waals surface area contributed by atoms with E-state index in [9.17, 15) is 4.79 Å². The molecule has 1 aliphatic rings. The van der Waals surface area contributed by atoms with Gasteiger partial charge in [-0.1, -0.05) is 60.7 Å². The van der Waals surface area contributed by atoms with Gasteiger partial charge in [0.1, 0.15) is 0 Å². The van der Waals surface area contributed by atoms with Crippen LogP contribution in [0.2, 0.25) is 0 Å². The zero-order valence-electron chi connectivity index (χ0n) is 18.7. The Morgan fingerprint density at radius 1 is 0.875 bits per heavy atom. The second-order valence-electron chi connectivity index (χ2n) is 8.23. The quantitative estimate of drug-likeness (QED) is 0.550. The van der Waals surface area contributed by atoms with Crippen LogP contribution in [-0.2, 0) is 17.8 Å². The van der Waals surface area contributed by atoms with Gasteiger partial charge in [0.25, 0.3) is 0 Å². The molecule has 166 valence electrons. The number of aromatic nitrogens is 2. The molecule has 0 N–H and O–H groups in total. The number of anilines is 1. The van der Waals surface area contributed by atoms with Gasteiger partial charge in [0.05, 0.1) is 6.04 Å². The Bertz CT molecular complexity index is 959. The molecule has 2 aromatic carbocycles. The summed E-state index contributed by atoms with van der Waals surface area (Å²) >= 11 is 0. The summed E-state index contributed by atoms with van der Waals surface area (Å²) in [7, 11) is 0. The first-order chi connectivity index (χ1) is 15.7. The molecule has 0 radical (unpaired) electrons. The van der Waals surface area contributed by atoms with Gasteiger partial charge in [-0.05, 0) is 30.5 Å². The molecule has 6 nitrogen and oxygen atoms in total. The molecule has 32 heavy (non-hydrogen) atoms. The Morgan fingerprint density at radius 2 is 1.47 bits per heavy atom. The van der Waals surface area contributed by atoms with E-state index in [0.717, 1.165) is 44.1 Å². The van der Waals surface area contributed by atoms with Crippen LogP contribution in [0.15, 0.2) is 79.1 Å². The van der Waals surface area contributed by atoms with Crippen molar-refractivity contribution in [2.45, 2.75) is 25.9 Å². The second-order valence-corrected chi connectivity index (χ2v) is 8.23. The molecule has 1 aromatic heterocycles. The summed E-state index contributed by atoms with van der Waals surface area (Å²) in [5, 5.41) is 0. The summed E-state index contributed by atoms with van der Waals surface area (Å²) in [4.78, 5) is 28.8. The second kappa shape index (κ2) is 10.9. The molecular formula is C26H31N5O. The monoisotopic (exact) mass is 429 g/mol. The number of benzene rings is 2. The van der Waals surface area contributed by atoms with E-state index in [4.69, 9.17) is 0 Å². The molecule has 0 saturated carbocycles. The Kier molecular flexibility index (Phi) is 7.46. The Balaban J connectivity index is 1.40. The summed E-state index contributed by atoms with van der Waals surface area (Å²) in [5.41, 5.74) is 2.41. The summed E-state index contributed by atoms with van der Waals surface area (Å²) in [6, 6.07) is 22.3. The first kappa shape index (κ1) is 22.0. The number of amides is 1. The lowest BCUT2D eigenvalue weighted by Crippen LogP contribution is -2.55. The summed E-state index contributed by atoms with van der Waals surface area (Å²) in [6.07, 6.45) is 4.40. The molecule has 0 unspecified atom stereocenters. The lowest BCUT2D eigenvalue weighted by Gasteiger charge is -2.39. The molecule has 1 amide bonds. The molecular weight excluding hydrogens is 398 g/mol. The van der Waals surface area contributed by atoms with E-state index in [1.165, 1.54) is 5.56 Å². The maximum Gasteiger partial charge on any atom is 0.239 e. The summed E-state index contributed by atoms with van der Waals surface area (Å²) < 4.78 is 0. The predicted octanol–water partition coefficient (Wildman–Crippen LogP) is 3.26. The average Bonchev–Trinajstić information content (AvgIpc) is 2.87. The van der Waals surface area contributed by atoms with Gasteiger partial charge in [-0.2, -0.15) is 0 Å². The molecule has 2 heterocycles. The van der Waals surface area contributed by atoms with Crippen molar-refractivity contribution in [1.82, 2.24) is 19.8 Å². The van der Waals surface area contributed by atoms with Crippen molar-refractivity contribution in [3.8, 4) is 0 Å². The summed E-state index contributed by atoms with van der Waals surface area (Å²) in [5.74, 6) is 0.953. The third-order valence-electron chi connectivity index (χ3n) is 6.10. The third kappa shape index (κ3) is 5.71. The lowest BCUT2D eigenvalue weighted by molar-refractivity contribution is -0.137. The topological polar surface area (TPSA) is 52.6 Å². The van der Waals surface area contributed by atoms with E-state index in [-0.39, 0.29) is 11.9 Å². The maximum atomic E-state index is 13.6. The molecule has 1 fully saturated rings. The Morgan fingerprint density at radius 3 is 2.09 bits per heavy atom. The van der Waals surface area contributed by atoms with Crippen LogP contribution < -0.4 is 4.90 Å². The van der Waals surface area contributed by atoms with Crippen molar-refractivity contribution >= 4 is 11.9 Å². The van der Waals surface area contributed by atoms with Gasteiger partial charge in [-0.15, -0.1) is 0 Å². The largest absolute Gasteiger partial charge is 0.338 e. The maximum absolute atomic E-state index is 13.6. The highest BCUT2D eigenvalue weighted by molar-refractivity contribution is 5.81. The van der Waals surface area contributed by atoms with Crippen LogP contribution >= 0.6 is 0 Å². The minimum Gasteiger partial charge on any atom is -0.338 e. The number of nitrogens with zero attached hydrogens (tertiary/aromatic N) is 5. The molecule has 6 heteroatoms. The van der Waals surface area contributed by atoms with Crippen LogP contribution in [0.25, 0.3) is 0 Å². The van der Waals surface area contributed by atoms with Crippen LogP contribution in [0, 0.1) is 0 Å². The zero-order valence-corrected chi connectivity index (χ0v) is 18.7. The van der Waals surface area contributed by atoms with Crippen molar-refractivity contribution in [2.24, 2.45) is 0 Å². The van der Waals surface area contributed by atoms with Gasteiger partial charge in [0.2, 0.25) is 11.9 Å². The average molecular weight is 430 g/mol. The van der Waals surface area contributed by atoms with E-state index in [0.29, 0.717) is 13.1 Å². The summed E-state index contributed by atoms with van der Waals surface area (Å²) in [6.45, 7) is 6.67.